The molecule has 2 heterocycles. The van der Waals surface area contributed by atoms with Crippen LogP contribution in [0.25, 0.3) is 0 Å². The van der Waals surface area contributed by atoms with E-state index in [4.69, 9.17) is 4.74 Å². The number of aryl methyl sites for hydroxylation is 1. The van der Waals surface area contributed by atoms with Crippen LogP contribution < -0.4 is 5.32 Å². The molecule has 1 saturated heterocycles. The summed E-state index contributed by atoms with van der Waals surface area (Å²) in [5.74, 6) is 1.81. The van der Waals surface area contributed by atoms with Crippen molar-refractivity contribution >= 4 is 0 Å². The summed E-state index contributed by atoms with van der Waals surface area (Å²) in [5, 5.41) is 11.5. The molecule has 0 aromatic carbocycles. The van der Waals surface area contributed by atoms with Crippen molar-refractivity contribution in [2.75, 3.05) is 13.1 Å². The molecule has 1 aliphatic rings. The van der Waals surface area contributed by atoms with E-state index in [1.54, 1.807) is 0 Å². The molecule has 1 aromatic heterocycles. The average Bonchev–Trinajstić information content (AvgIpc) is 2.58. The zero-order chi connectivity index (χ0) is 11.6. The van der Waals surface area contributed by atoms with Gasteiger partial charge in [-0.15, -0.1) is 10.2 Å². The summed E-state index contributed by atoms with van der Waals surface area (Å²) >= 11 is 0. The minimum atomic E-state index is -0.0574. The number of hydrogen-bond donors (Lipinski definition) is 1. The molecule has 1 aromatic rings. The highest BCUT2D eigenvalue weighted by atomic mass is 16.5. The zero-order valence-corrected chi connectivity index (χ0v) is 10.3. The van der Waals surface area contributed by atoms with Crippen LogP contribution in [0.5, 0.6) is 0 Å². The fourth-order valence-electron chi connectivity index (χ4n) is 1.97. The van der Waals surface area contributed by atoms with Crippen LogP contribution in [-0.2, 0) is 18.4 Å². The lowest BCUT2D eigenvalue weighted by molar-refractivity contribution is -0.0604. The normalized spacial score (nSPS) is 25.9. The first-order valence-electron chi connectivity index (χ1n) is 5.80. The van der Waals surface area contributed by atoms with Crippen molar-refractivity contribution in [1.29, 1.82) is 0 Å². The van der Waals surface area contributed by atoms with Gasteiger partial charge in [0, 0.05) is 13.6 Å². The lowest BCUT2D eigenvalue weighted by Crippen LogP contribution is -2.45. The predicted octanol–water partition coefficient (Wildman–Crippen LogP) is 0.782. The molecule has 0 spiro atoms. The van der Waals surface area contributed by atoms with Gasteiger partial charge in [0.25, 0.3) is 0 Å². The van der Waals surface area contributed by atoms with Gasteiger partial charge < -0.3 is 14.6 Å². The van der Waals surface area contributed by atoms with Crippen molar-refractivity contribution in [2.24, 2.45) is 7.05 Å². The Morgan fingerprint density at radius 1 is 1.50 bits per heavy atom. The SMILES string of the molecule is Cc1nnc(COC2(C)CCCNC2)n1C. The molecule has 1 unspecified atom stereocenters. The Hall–Kier alpha value is -0.940. The smallest absolute Gasteiger partial charge is 0.158 e. The summed E-state index contributed by atoms with van der Waals surface area (Å²) in [6, 6.07) is 0. The van der Waals surface area contributed by atoms with Crippen LogP contribution in [0.4, 0.5) is 0 Å². The van der Waals surface area contributed by atoms with E-state index < -0.39 is 0 Å². The predicted molar refractivity (Wildman–Crippen MR) is 61.0 cm³/mol. The van der Waals surface area contributed by atoms with Crippen LogP contribution in [0.1, 0.15) is 31.4 Å². The molecule has 1 N–H and O–H groups in total. The summed E-state index contributed by atoms with van der Waals surface area (Å²) in [7, 11) is 1.97. The maximum atomic E-state index is 5.96. The Bertz CT molecular complexity index is 355. The number of ether oxygens (including phenoxy) is 1. The van der Waals surface area contributed by atoms with Crippen LogP contribution in [0.2, 0.25) is 0 Å². The Kier molecular flexibility index (Phi) is 3.25. The Labute approximate surface area is 96.2 Å². The number of piperidine rings is 1. The summed E-state index contributed by atoms with van der Waals surface area (Å²) in [6.45, 7) is 6.66. The van der Waals surface area contributed by atoms with Gasteiger partial charge in [-0.05, 0) is 33.2 Å². The molecule has 1 aliphatic heterocycles. The van der Waals surface area contributed by atoms with Crippen LogP contribution in [-0.4, -0.2) is 33.5 Å². The van der Waals surface area contributed by atoms with Gasteiger partial charge in [-0.2, -0.15) is 0 Å². The van der Waals surface area contributed by atoms with E-state index >= 15 is 0 Å². The highest BCUT2D eigenvalue weighted by Gasteiger charge is 2.27. The first kappa shape index (κ1) is 11.5. The minimum absolute atomic E-state index is 0.0574. The van der Waals surface area contributed by atoms with E-state index in [2.05, 4.69) is 22.4 Å². The van der Waals surface area contributed by atoms with Crippen LogP contribution in [0.3, 0.4) is 0 Å². The molecular weight excluding hydrogens is 204 g/mol. The summed E-state index contributed by atoms with van der Waals surface area (Å²) in [4.78, 5) is 0. The number of hydrogen-bond acceptors (Lipinski definition) is 4. The first-order chi connectivity index (χ1) is 7.61. The fraction of sp³-hybridized carbons (Fsp3) is 0.818. The summed E-state index contributed by atoms with van der Waals surface area (Å²) < 4.78 is 7.94. The molecular formula is C11H20N4O. The molecule has 0 saturated carbocycles. The van der Waals surface area contributed by atoms with Gasteiger partial charge in [-0.25, -0.2) is 0 Å². The molecule has 1 fully saturated rings. The molecule has 1 atom stereocenters. The third-order valence-electron chi connectivity index (χ3n) is 3.29. The number of nitrogens with zero attached hydrogens (tertiary/aromatic N) is 3. The molecule has 0 amide bonds. The van der Waals surface area contributed by atoms with Gasteiger partial charge in [-0.1, -0.05) is 0 Å². The lowest BCUT2D eigenvalue weighted by atomic mass is 9.96. The van der Waals surface area contributed by atoms with Gasteiger partial charge in [0.2, 0.25) is 0 Å². The Morgan fingerprint density at radius 2 is 2.31 bits per heavy atom. The minimum Gasteiger partial charge on any atom is -0.366 e. The molecule has 0 bridgehead atoms. The highest BCUT2D eigenvalue weighted by molar-refractivity contribution is 4.92. The van der Waals surface area contributed by atoms with Gasteiger partial charge in [0.1, 0.15) is 12.4 Å². The molecule has 90 valence electrons. The summed E-state index contributed by atoms with van der Waals surface area (Å²) in [6.07, 6.45) is 2.28. The Morgan fingerprint density at radius 3 is 2.88 bits per heavy atom. The fourth-order valence-corrected chi connectivity index (χ4v) is 1.97. The van der Waals surface area contributed by atoms with Crippen molar-refractivity contribution in [3.63, 3.8) is 0 Å². The second-order valence-corrected chi connectivity index (χ2v) is 4.74. The molecule has 2 rings (SSSR count). The molecule has 0 radical (unpaired) electrons. The summed E-state index contributed by atoms with van der Waals surface area (Å²) in [5.41, 5.74) is -0.0574. The van der Waals surface area contributed by atoms with E-state index in [1.165, 1.54) is 6.42 Å². The first-order valence-corrected chi connectivity index (χ1v) is 5.80. The number of nitrogens with one attached hydrogen (secondary N) is 1. The van der Waals surface area contributed by atoms with Crippen molar-refractivity contribution in [1.82, 2.24) is 20.1 Å². The van der Waals surface area contributed by atoms with E-state index in [0.717, 1.165) is 31.2 Å². The largest absolute Gasteiger partial charge is 0.366 e. The van der Waals surface area contributed by atoms with Crippen LogP contribution in [0.15, 0.2) is 0 Å². The van der Waals surface area contributed by atoms with Gasteiger partial charge in [0.15, 0.2) is 5.82 Å². The lowest BCUT2D eigenvalue weighted by Gasteiger charge is -2.33. The number of rotatable bonds is 3. The molecule has 0 aliphatic carbocycles. The van der Waals surface area contributed by atoms with Crippen molar-refractivity contribution in [3.05, 3.63) is 11.6 Å². The number of aromatic nitrogens is 3. The van der Waals surface area contributed by atoms with E-state index in [9.17, 15) is 0 Å². The maximum absolute atomic E-state index is 5.96. The monoisotopic (exact) mass is 224 g/mol. The van der Waals surface area contributed by atoms with Crippen molar-refractivity contribution in [3.8, 4) is 0 Å². The third kappa shape index (κ3) is 2.41. The van der Waals surface area contributed by atoms with Gasteiger partial charge >= 0.3 is 0 Å². The molecule has 16 heavy (non-hydrogen) atoms. The van der Waals surface area contributed by atoms with E-state index in [-0.39, 0.29) is 5.60 Å². The van der Waals surface area contributed by atoms with Crippen molar-refractivity contribution in [2.45, 2.75) is 38.9 Å². The van der Waals surface area contributed by atoms with Crippen LogP contribution in [0, 0.1) is 6.92 Å². The highest BCUT2D eigenvalue weighted by Crippen LogP contribution is 2.21. The average molecular weight is 224 g/mol. The standard InChI is InChI=1S/C11H20N4O/c1-9-13-14-10(15(9)3)7-16-11(2)5-4-6-12-8-11/h12H,4-8H2,1-3H3. The molecule has 5 nitrogen and oxygen atoms in total. The second-order valence-electron chi connectivity index (χ2n) is 4.74. The zero-order valence-electron chi connectivity index (χ0n) is 10.3. The topological polar surface area (TPSA) is 52.0 Å². The van der Waals surface area contributed by atoms with Crippen LogP contribution >= 0.6 is 0 Å². The third-order valence-corrected chi connectivity index (χ3v) is 3.29. The Balaban J connectivity index is 1.93. The second kappa shape index (κ2) is 4.51. The van der Waals surface area contributed by atoms with Crippen molar-refractivity contribution < 1.29 is 4.74 Å². The van der Waals surface area contributed by atoms with E-state index in [1.807, 2.05) is 18.5 Å². The van der Waals surface area contributed by atoms with Gasteiger partial charge in [0.05, 0.1) is 5.60 Å². The van der Waals surface area contributed by atoms with Gasteiger partial charge in [-0.3, -0.25) is 0 Å². The molecule has 5 heteroatoms. The maximum Gasteiger partial charge on any atom is 0.158 e. The van der Waals surface area contributed by atoms with E-state index in [0.29, 0.717) is 6.61 Å². The quantitative estimate of drug-likeness (QED) is 0.824.